The predicted molar refractivity (Wildman–Crippen MR) is 84.4 cm³/mol. The summed E-state index contributed by atoms with van der Waals surface area (Å²) in [4.78, 5) is 16.5. The largest absolute Gasteiger partial charge is 0.496 e. The molecule has 22 heavy (non-hydrogen) atoms. The lowest BCUT2D eigenvalue weighted by Gasteiger charge is -2.16. The minimum absolute atomic E-state index is 0.139. The van der Waals surface area contributed by atoms with Crippen molar-refractivity contribution in [1.29, 1.82) is 0 Å². The molecule has 2 aromatic rings. The van der Waals surface area contributed by atoms with Crippen LogP contribution in [0.1, 0.15) is 34.5 Å². The maximum absolute atomic E-state index is 12.4. The standard InChI is InChI=1S/C17H20N2O3/c1-11-15(21-3)8-14(9-16(11)22-4)17(20)19-12(2)13-6-5-7-18-10-13/h5-10,12H,1-4H3,(H,19,20). The number of ether oxygens (including phenoxy) is 2. The molecule has 1 heterocycles. The van der Waals surface area contributed by atoms with E-state index in [-0.39, 0.29) is 11.9 Å². The van der Waals surface area contributed by atoms with E-state index in [4.69, 9.17) is 9.47 Å². The number of amides is 1. The molecule has 116 valence electrons. The molecule has 5 heteroatoms. The van der Waals surface area contributed by atoms with Crippen molar-refractivity contribution in [3.8, 4) is 11.5 Å². The minimum atomic E-state index is -0.187. The molecule has 1 atom stereocenters. The first-order valence-corrected chi connectivity index (χ1v) is 7.00. The Hall–Kier alpha value is -2.56. The smallest absolute Gasteiger partial charge is 0.252 e. The summed E-state index contributed by atoms with van der Waals surface area (Å²) in [5, 5.41) is 2.94. The van der Waals surface area contributed by atoms with Crippen LogP contribution in [-0.4, -0.2) is 25.1 Å². The van der Waals surface area contributed by atoms with Crippen LogP contribution in [0.2, 0.25) is 0 Å². The first-order valence-electron chi connectivity index (χ1n) is 7.00. The molecule has 0 spiro atoms. The van der Waals surface area contributed by atoms with Crippen molar-refractivity contribution >= 4 is 5.91 Å². The van der Waals surface area contributed by atoms with Gasteiger partial charge < -0.3 is 14.8 Å². The number of aromatic nitrogens is 1. The number of pyridine rings is 1. The van der Waals surface area contributed by atoms with Crippen LogP contribution in [0.15, 0.2) is 36.7 Å². The van der Waals surface area contributed by atoms with Gasteiger partial charge in [-0.15, -0.1) is 0 Å². The van der Waals surface area contributed by atoms with Crippen molar-refractivity contribution in [2.24, 2.45) is 0 Å². The van der Waals surface area contributed by atoms with Crippen LogP contribution in [0.25, 0.3) is 0 Å². The van der Waals surface area contributed by atoms with Gasteiger partial charge in [-0.3, -0.25) is 9.78 Å². The normalized spacial score (nSPS) is 11.6. The summed E-state index contributed by atoms with van der Waals surface area (Å²) in [6.45, 7) is 3.80. The van der Waals surface area contributed by atoms with E-state index in [1.54, 1.807) is 38.7 Å². The van der Waals surface area contributed by atoms with Gasteiger partial charge >= 0.3 is 0 Å². The van der Waals surface area contributed by atoms with Gasteiger partial charge in [0.25, 0.3) is 5.91 Å². The Morgan fingerprint density at radius 3 is 2.36 bits per heavy atom. The topological polar surface area (TPSA) is 60.5 Å². The van der Waals surface area contributed by atoms with E-state index in [0.717, 1.165) is 11.1 Å². The Bertz CT molecular complexity index is 631. The SMILES string of the molecule is COc1cc(C(=O)NC(C)c2cccnc2)cc(OC)c1C. The number of rotatable bonds is 5. The van der Waals surface area contributed by atoms with Crippen molar-refractivity contribution in [2.75, 3.05) is 14.2 Å². The summed E-state index contributed by atoms with van der Waals surface area (Å²) in [6, 6.07) is 7.05. The van der Waals surface area contributed by atoms with Crippen LogP contribution >= 0.6 is 0 Å². The van der Waals surface area contributed by atoms with Gasteiger partial charge in [0.15, 0.2) is 0 Å². The Morgan fingerprint density at radius 1 is 1.23 bits per heavy atom. The second-order valence-electron chi connectivity index (χ2n) is 4.99. The molecule has 0 bridgehead atoms. The first-order chi connectivity index (χ1) is 10.6. The van der Waals surface area contributed by atoms with Crippen molar-refractivity contribution in [2.45, 2.75) is 19.9 Å². The molecule has 0 fully saturated rings. The highest BCUT2D eigenvalue weighted by Crippen LogP contribution is 2.29. The molecular formula is C17H20N2O3. The van der Waals surface area contributed by atoms with E-state index in [0.29, 0.717) is 17.1 Å². The van der Waals surface area contributed by atoms with Gasteiger partial charge in [0.05, 0.1) is 20.3 Å². The molecule has 0 radical (unpaired) electrons. The lowest BCUT2D eigenvalue weighted by Crippen LogP contribution is -2.26. The molecule has 0 aliphatic carbocycles. The Balaban J connectivity index is 2.22. The van der Waals surface area contributed by atoms with Gasteiger partial charge in [-0.2, -0.15) is 0 Å². The molecule has 1 N–H and O–H groups in total. The van der Waals surface area contributed by atoms with E-state index in [2.05, 4.69) is 10.3 Å². The second-order valence-corrected chi connectivity index (χ2v) is 4.99. The second kappa shape index (κ2) is 6.93. The molecule has 0 aliphatic heterocycles. The Labute approximate surface area is 130 Å². The van der Waals surface area contributed by atoms with Gasteiger partial charge in [0.2, 0.25) is 0 Å². The summed E-state index contributed by atoms with van der Waals surface area (Å²) in [6.07, 6.45) is 3.44. The quantitative estimate of drug-likeness (QED) is 0.922. The van der Waals surface area contributed by atoms with Crippen LogP contribution in [-0.2, 0) is 0 Å². The third kappa shape index (κ3) is 3.36. The lowest BCUT2D eigenvalue weighted by atomic mass is 10.1. The summed E-state index contributed by atoms with van der Waals surface area (Å²) in [7, 11) is 3.14. The summed E-state index contributed by atoms with van der Waals surface area (Å²) >= 11 is 0. The third-order valence-electron chi connectivity index (χ3n) is 3.55. The number of nitrogens with zero attached hydrogens (tertiary/aromatic N) is 1. The zero-order valence-corrected chi connectivity index (χ0v) is 13.2. The summed E-state index contributed by atoms with van der Waals surface area (Å²) in [5.74, 6) is 1.06. The Morgan fingerprint density at radius 2 is 1.86 bits per heavy atom. The maximum Gasteiger partial charge on any atom is 0.252 e. The van der Waals surface area contributed by atoms with Crippen LogP contribution in [0.5, 0.6) is 11.5 Å². The molecule has 0 saturated carbocycles. The number of methoxy groups -OCH3 is 2. The summed E-state index contributed by atoms with van der Waals surface area (Å²) in [5.41, 5.74) is 2.30. The van der Waals surface area contributed by atoms with Crippen LogP contribution in [0, 0.1) is 6.92 Å². The highest BCUT2D eigenvalue weighted by Gasteiger charge is 2.16. The molecule has 1 aromatic heterocycles. The van der Waals surface area contributed by atoms with E-state index >= 15 is 0 Å². The van der Waals surface area contributed by atoms with Crippen molar-refractivity contribution in [3.63, 3.8) is 0 Å². The molecule has 1 unspecified atom stereocenters. The van der Waals surface area contributed by atoms with E-state index in [1.807, 2.05) is 26.0 Å². The fourth-order valence-corrected chi connectivity index (χ4v) is 2.21. The highest BCUT2D eigenvalue weighted by molar-refractivity contribution is 5.95. The number of hydrogen-bond acceptors (Lipinski definition) is 4. The number of nitrogens with one attached hydrogen (secondary N) is 1. The fourth-order valence-electron chi connectivity index (χ4n) is 2.21. The van der Waals surface area contributed by atoms with Crippen LogP contribution < -0.4 is 14.8 Å². The first kappa shape index (κ1) is 15.8. The number of benzene rings is 1. The number of carbonyl (C=O) groups excluding carboxylic acids is 1. The predicted octanol–water partition coefficient (Wildman–Crippen LogP) is 2.90. The molecular weight excluding hydrogens is 280 g/mol. The van der Waals surface area contributed by atoms with Gasteiger partial charge in [0.1, 0.15) is 11.5 Å². The third-order valence-corrected chi connectivity index (χ3v) is 3.55. The number of hydrogen-bond donors (Lipinski definition) is 1. The molecule has 0 aliphatic rings. The van der Waals surface area contributed by atoms with Crippen molar-refractivity contribution in [1.82, 2.24) is 10.3 Å². The molecule has 5 nitrogen and oxygen atoms in total. The average Bonchev–Trinajstić information content (AvgIpc) is 2.55. The highest BCUT2D eigenvalue weighted by atomic mass is 16.5. The zero-order valence-electron chi connectivity index (χ0n) is 13.2. The zero-order chi connectivity index (χ0) is 16.1. The Kier molecular flexibility index (Phi) is 4.99. The van der Waals surface area contributed by atoms with Crippen LogP contribution in [0.4, 0.5) is 0 Å². The monoisotopic (exact) mass is 300 g/mol. The van der Waals surface area contributed by atoms with Crippen molar-refractivity contribution < 1.29 is 14.3 Å². The average molecular weight is 300 g/mol. The van der Waals surface area contributed by atoms with Gasteiger partial charge in [-0.05, 0) is 37.6 Å². The van der Waals surface area contributed by atoms with Gasteiger partial charge in [-0.25, -0.2) is 0 Å². The summed E-state index contributed by atoms with van der Waals surface area (Å²) < 4.78 is 10.6. The van der Waals surface area contributed by atoms with Crippen molar-refractivity contribution in [3.05, 3.63) is 53.3 Å². The van der Waals surface area contributed by atoms with Gasteiger partial charge in [0, 0.05) is 23.5 Å². The maximum atomic E-state index is 12.4. The lowest BCUT2D eigenvalue weighted by molar-refractivity contribution is 0.0939. The fraction of sp³-hybridized carbons (Fsp3) is 0.294. The van der Waals surface area contributed by atoms with Crippen LogP contribution in [0.3, 0.4) is 0 Å². The number of carbonyl (C=O) groups is 1. The van der Waals surface area contributed by atoms with E-state index < -0.39 is 0 Å². The molecule has 0 saturated heterocycles. The molecule has 1 amide bonds. The molecule has 1 aromatic carbocycles. The molecule has 2 rings (SSSR count). The minimum Gasteiger partial charge on any atom is -0.496 e. The van der Waals surface area contributed by atoms with E-state index in [9.17, 15) is 4.79 Å². The van der Waals surface area contributed by atoms with Gasteiger partial charge in [-0.1, -0.05) is 6.07 Å². The van der Waals surface area contributed by atoms with E-state index in [1.165, 1.54) is 0 Å².